The third kappa shape index (κ3) is 5.64. The molecule has 0 spiro atoms. The lowest BCUT2D eigenvalue weighted by atomic mass is 10.1. The van der Waals surface area contributed by atoms with Gasteiger partial charge in [-0.1, -0.05) is 13.0 Å². The number of esters is 1. The minimum atomic E-state index is -0.406. The summed E-state index contributed by atoms with van der Waals surface area (Å²) < 4.78 is 5.13. The van der Waals surface area contributed by atoms with Crippen molar-refractivity contribution in [3.8, 4) is 0 Å². The van der Waals surface area contributed by atoms with E-state index in [1.165, 1.54) is 0 Å². The second kappa shape index (κ2) is 9.65. The highest BCUT2D eigenvalue weighted by Gasteiger charge is 2.10. The van der Waals surface area contributed by atoms with Crippen molar-refractivity contribution < 1.29 is 14.3 Å². The maximum absolute atomic E-state index is 12.6. The van der Waals surface area contributed by atoms with E-state index in [2.05, 4.69) is 20.6 Å². The summed E-state index contributed by atoms with van der Waals surface area (Å²) in [5, 5.41) is 5.93. The standard InChI is InChI=1S/C23H24N4O3/c1-4-12-30-22(29)18-6-5-7-20(14-18)26-21(28)17-8-10-19(11-9-17)27-23-24-15(2)13-16(3)25-23/h5-11,13-14H,4,12H2,1-3H3,(H,26,28)(H,24,25,27). The smallest absolute Gasteiger partial charge is 0.338 e. The van der Waals surface area contributed by atoms with Crippen LogP contribution in [0.5, 0.6) is 0 Å². The number of anilines is 3. The molecule has 1 amide bonds. The van der Waals surface area contributed by atoms with Crippen molar-refractivity contribution in [3.05, 3.63) is 77.1 Å². The van der Waals surface area contributed by atoms with Gasteiger partial charge in [0, 0.05) is 28.3 Å². The molecule has 0 radical (unpaired) electrons. The Bertz CT molecular complexity index is 1030. The zero-order valence-electron chi connectivity index (χ0n) is 17.2. The van der Waals surface area contributed by atoms with Gasteiger partial charge in [0.2, 0.25) is 5.95 Å². The Balaban J connectivity index is 1.65. The molecule has 0 unspecified atom stereocenters. The van der Waals surface area contributed by atoms with Gasteiger partial charge in [0.1, 0.15) is 0 Å². The van der Waals surface area contributed by atoms with Crippen LogP contribution >= 0.6 is 0 Å². The lowest BCUT2D eigenvalue weighted by Gasteiger charge is -2.09. The number of benzene rings is 2. The molecule has 0 aliphatic heterocycles. The predicted octanol–water partition coefficient (Wildman–Crippen LogP) is 4.66. The summed E-state index contributed by atoms with van der Waals surface area (Å²) in [5.41, 5.74) is 3.94. The summed E-state index contributed by atoms with van der Waals surface area (Å²) in [4.78, 5) is 33.2. The first-order valence-electron chi connectivity index (χ1n) is 9.72. The Hall–Kier alpha value is -3.74. The number of rotatable bonds is 7. The van der Waals surface area contributed by atoms with Gasteiger partial charge in [-0.25, -0.2) is 14.8 Å². The minimum Gasteiger partial charge on any atom is -0.462 e. The molecule has 0 bridgehead atoms. The second-order valence-electron chi connectivity index (χ2n) is 6.85. The molecule has 7 nitrogen and oxygen atoms in total. The molecule has 0 saturated carbocycles. The predicted molar refractivity (Wildman–Crippen MR) is 116 cm³/mol. The molecular weight excluding hydrogens is 380 g/mol. The van der Waals surface area contributed by atoms with E-state index in [0.29, 0.717) is 29.4 Å². The van der Waals surface area contributed by atoms with Gasteiger partial charge in [-0.3, -0.25) is 4.79 Å². The van der Waals surface area contributed by atoms with Crippen molar-refractivity contribution in [3.63, 3.8) is 0 Å². The van der Waals surface area contributed by atoms with Crippen LogP contribution in [0.25, 0.3) is 0 Å². The first kappa shape index (κ1) is 21.0. The summed E-state index contributed by atoms with van der Waals surface area (Å²) in [6.07, 6.45) is 0.753. The molecule has 154 valence electrons. The Morgan fingerprint density at radius 2 is 1.60 bits per heavy atom. The van der Waals surface area contributed by atoms with Gasteiger partial charge in [0.15, 0.2) is 0 Å². The number of aromatic nitrogens is 2. The highest BCUT2D eigenvalue weighted by molar-refractivity contribution is 6.05. The largest absolute Gasteiger partial charge is 0.462 e. The van der Waals surface area contributed by atoms with Gasteiger partial charge in [-0.15, -0.1) is 0 Å². The lowest BCUT2D eigenvalue weighted by Crippen LogP contribution is -2.13. The fourth-order valence-corrected chi connectivity index (χ4v) is 2.82. The van der Waals surface area contributed by atoms with Gasteiger partial charge in [-0.05, 0) is 68.8 Å². The number of hydrogen-bond acceptors (Lipinski definition) is 6. The zero-order valence-corrected chi connectivity index (χ0v) is 17.2. The van der Waals surface area contributed by atoms with Gasteiger partial charge >= 0.3 is 5.97 Å². The van der Waals surface area contributed by atoms with Crippen LogP contribution in [-0.4, -0.2) is 28.5 Å². The summed E-state index contributed by atoms with van der Waals surface area (Å²) in [6, 6.07) is 15.6. The van der Waals surface area contributed by atoms with Crippen molar-refractivity contribution in [1.29, 1.82) is 0 Å². The molecule has 3 rings (SSSR count). The maximum Gasteiger partial charge on any atom is 0.338 e. The molecule has 2 aromatic carbocycles. The van der Waals surface area contributed by atoms with Gasteiger partial charge in [0.25, 0.3) is 5.91 Å². The Morgan fingerprint density at radius 1 is 0.900 bits per heavy atom. The molecule has 0 fully saturated rings. The van der Waals surface area contributed by atoms with E-state index in [4.69, 9.17) is 4.74 Å². The molecule has 0 saturated heterocycles. The highest BCUT2D eigenvalue weighted by Crippen LogP contribution is 2.17. The summed E-state index contributed by atoms with van der Waals surface area (Å²) in [6.45, 7) is 6.11. The molecule has 1 heterocycles. The number of amides is 1. The topological polar surface area (TPSA) is 93.2 Å². The van der Waals surface area contributed by atoms with Crippen molar-refractivity contribution in [2.24, 2.45) is 0 Å². The molecule has 7 heteroatoms. The number of aryl methyl sites for hydroxylation is 2. The van der Waals surface area contributed by atoms with E-state index in [-0.39, 0.29) is 5.91 Å². The average molecular weight is 404 g/mol. The quantitative estimate of drug-likeness (QED) is 0.557. The lowest BCUT2D eigenvalue weighted by molar-refractivity contribution is 0.0505. The van der Waals surface area contributed by atoms with E-state index in [1.54, 1.807) is 48.5 Å². The van der Waals surface area contributed by atoms with Crippen molar-refractivity contribution in [2.45, 2.75) is 27.2 Å². The molecule has 1 aromatic heterocycles. The first-order chi connectivity index (χ1) is 14.4. The summed E-state index contributed by atoms with van der Waals surface area (Å²) in [5.74, 6) is -0.170. The Labute approximate surface area is 175 Å². The van der Waals surface area contributed by atoms with Crippen LogP contribution in [0.2, 0.25) is 0 Å². The Morgan fingerprint density at radius 3 is 2.27 bits per heavy atom. The highest BCUT2D eigenvalue weighted by atomic mass is 16.5. The van der Waals surface area contributed by atoms with E-state index in [1.807, 2.05) is 26.8 Å². The fourth-order valence-electron chi connectivity index (χ4n) is 2.82. The number of nitrogens with zero attached hydrogens (tertiary/aromatic N) is 2. The molecule has 30 heavy (non-hydrogen) atoms. The molecular formula is C23H24N4O3. The van der Waals surface area contributed by atoms with Crippen LogP contribution in [0.15, 0.2) is 54.6 Å². The van der Waals surface area contributed by atoms with Crippen LogP contribution < -0.4 is 10.6 Å². The SMILES string of the molecule is CCCOC(=O)c1cccc(NC(=O)c2ccc(Nc3nc(C)cc(C)n3)cc2)c1. The number of ether oxygens (including phenoxy) is 1. The van der Waals surface area contributed by atoms with Crippen molar-refractivity contribution in [2.75, 3.05) is 17.2 Å². The average Bonchev–Trinajstić information content (AvgIpc) is 2.72. The van der Waals surface area contributed by atoms with Crippen LogP contribution in [0.4, 0.5) is 17.3 Å². The van der Waals surface area contributed by atoms with E-state index >= 15 is 0 Å². The van der Waals surface area contributed by atoms with Crippen LogP contribution in [-0.2, 0) is 4.74 Å². The van der Waals surface area contributed by atoms with E-state index in [9.17, 15) is 9.59 Å². The number of nitrogens with one attached hydrogen (secondary N) is 2. The van der Waals surface area contributed by atoms with Gasteiger partial charge in [0.05, 0.1) is 12.2 Å². The van der Waals surface area contributed by atoms with E-state index in [0.717, 1.165) is 23.5 Å². The van der Waals surface area contributed by atoms with Gasteiger partial charge < -0.3 is 15.4 Å². The second-order valence-corrected chi connectivity index (χ2v) is 6.85. The van der Waals surface area contributed by atoms with Crippen LogP contribution in [0.1, 0.15) is 45.4 Å². The number of carbonyl (C=O) groups is 2. The monoisotopic (exact) mass is 404 g/mol. The van der Waals surface area contributed by atoms with E-state index < -0.39 is 5.97 Å². The Kier molecular flexibility index (Phi) is 6.75. The molecule has 3 aromatic rings. The fraction of sp³-hybridized carbons (Fsp3) is 0.217. The molecule has 0 aliphatic carbocycles. The van der Waals surface area contributed by atoms with Crippen LogP contribution in [0, 0.1) is 13.8 Å². The normalized spacial score (nSPS) is 10.4. The summed E-state index contributed by atoms with van der Waals surface area (Å²) in [7, 11) is 0. The first-order valence-corrected chi connectivity index (χ1v) is 9.72. The third-order valence-electron chi connectivity index (χ3n) is 4.18. The third-order valence-corrected chi connectivity index (χ3v) is 4.18. The molecule has 2 N–H and O–H groups in total. The van der Waals surface area contributed by atoms with Crippen molar-refractivity contribution >= 4 is 29.2 Å². The molecule has 0 aliphatic rings. The number of hydrogen-bond donors (Lipinski definition) is 2. The summed E-state index contributed by atoms with van der Waals surface area (Å²) >= 11 is 0. The molecule has 0 atom stereocenters. The number of carbonyl (C=O) groups excluding carboxylic acids is 2. The van der Waals surface area contributed by atoms with Gasteiger partial charge in [-0.2, -0.15) is 0 Å². The van der Waals surface area contributed by atoms with Crippen molar-refractivity contribution in [1.82, 2.24) is 9.97 Å². The minimum absolute atomic E-state index is 0.275. The maximum atomic E-state index is 12.6. The zero-order chi connectivity index (χ0) is 21.5. The van der Waals surface area contributed by atoms with Crippen LogP contribution in [0.3, 0.4) is 0 Å².